The Labute approximate surface area is 130 Å². The third-order valence-electron chi connectivity index (χ3n) is 3.43. The van der Waals surface area contributed by atoms with Crippen molar-refractivity contribution < 1.29 is 15.0 Å². The van der Waals surface area contributed by atoms with E-state index in [1.807, 2.05) is 37.2 Å². The summed E-state index contributed by atoms with van der Waals surface area (Å²) in [6.07, 6.45) is 0. The molecule has 1 unspecified atom stereocenters. The lowest BCUT2D eigenvalue weighted by Crippen LogP contribution is -2.47. The second-order valence-corrected chi connectivity index (χ2v) is 6.10. The van der Waals surface area contributed by atoms with Crippen LogP contribution in [0.4, 0.5) is 0 Å². The molecule has 2 aromatic carbocycles. The van der Waals surface area contributed by atoms with Crippen molar-refractivity contribution in [3.05, 3.63) is 42.0 Å². The Morgan fingerprint density at radius 2 is 1.91 bits per heavy atom. The van der Waals surface area contributed by atoms with Crippen LogP contribution in [0.25, 0.3) is 10.8 Å². The van der Waals surface area contributed by atoms with Gasteiger partial charge in [-0.25, -0.2) is 0 Å². The van der Waals surface area contributed by atoms with Crippen molar-refractivity contribution in [3.8, 4) is 5.75 Å². The summed E-state index contributed by atoms with van der Waals surface area (Å²) in [5.74, 6) is -0.440. The van der Waals surface area contributed by atoms with Crippen molar-refractivity contribution >= 4 is 16.7 Å². The summed E-state index contributed by atoms with van der Waals surface area (Å²) >= 11 is 0. The molecule has 0 saturated heterocycles. The molecular formula is C17H22N2O3. The highest BCUT2D eigenvalue weighted by Crippen LogP contribution is 2.28. The predicted octanol–water partition coefficient (Wildman–Crippen LogP) is 1.59. The van der Waals surface area contributed by atoms with Crippen molar-refractivity contribution in [3.63, 3.8) is 0 Å². The fourth-order valence-corrected chi connectivity index (χ4v) is 2.54. The molecule has 0 spiro atoms. The van der Waals surface area contributed by atoms with E-state index in [0.29, 0.717) is 11.9 Å². The summed E-state index contributed by atoms with van der Waals surface area (Å²) in [5.41, 5.74) is -0.828. The Hall–Kier alpha value is -2.11. The van der Waals surface area contributed by atoms with Gasteiger partial charge in [0, 0.05) is 18.5 Å². The normalized spacial score (nSPS) is 14.0. The maximum Gasteiger partial charge on any atom is 0.255 e. The molecule has 0 radical (unpaired) electrons. The number of benzene rings is 2. The highest BCUT2D eigenvalue weighted by atomic mass is 16.3. The van der Waals surface area contributed by atoms with Gasteiger partial charge in [-0.2, -0.15) is 0 Å². The Kier molecular flexibility index (Phi) is 4.68. The van der Waals surface area contributed by atoms with Gasteiger partial charge in [-0.05, 0) is 32.5 Å². The maximum absolute atomic E-state index is 12.2. The molecule has 0 saturated carbocycles. The number of phenols is 1. The van der Waals surface area contributed by atoms with Gasteiger partial charge in [0.1, 0.15) is 5.75 Å². The number of aromatic hydroxyl groups is 1. The first kappa shape index (κ1) is 16.3. The zero-order valence-corrected chi connectivity index (χ0v) is 13.1. The number of phenolic OH excluding ortho intramolecular Hbond substituents is 1. The van der Waals surface area contributed by atoms with E-state index in [2.05, 4.69) is 5.32 Å². The van der Waals surface area contributed by atoms with Crippen LogP contribution in [-0.2, 0) is 0 Å². The molecule has 5 nitrogen and oxygen atoms in total. The van der Waals surface area contributed by atoms with Crippen LogP contribution >= 0.6 is 0 Å². The van der Waals surface area contributed by atoms with Crippen LogP contribution in [0.1, 0.15) is 17.3 Å². The van der Waals surface area contributed by atoms with E-state index in [9.17, 15) is 15.0 Å². The molecule has 118 valence electrons. The number of nitrogens with one attached hydrogen (secondary N) is 1. The van der Waals surface area contributed by atoms with E-state index in [1.165, 1.54) is 0 Å². The number of carbonyl (C=O) groups excluding carboxylic acids is 1. The average Bonchev–Trinajstić information content (AvgIpc) is 2.44. The molecule has 0 heterocycles. The number of hydrogen-bond donors (Lipinski definition) is 3. The first-order chi connectivity index (χ1) is 10.3. The molecule has 0 fully saturated rings. The number of hydrogen-bond acceptors (Lipinski definition) is 4. The number of nitrogens with zero attached hydrogens (tertiary/aromatic N) is 1. The third-order valence-corrected chi connectivity index (χ3v) is 3.43. The van der Waals surface area contributed by atoms with Crippen molar-refractivity contribution in [2.45, 2.75) is 12.5 Å². The quantitative estimate of drug-likeness (QED) is 0.784. The van der Waals surface area contributed by atoms with Gasteiger partial charge in [-0.1, -0.05) is 30.3 Å². The second-order valence-electron chi connectivity index (χ2n) is 6.10. The SMILES string of the molecule is CN(C)CC(C)(O)CNC(=O)c1ccc2ccccc2c1O. The van der Waals surface area contributed by atoms with Gasteiger partial charge in [-0.3, -0.25) is 4.79 Å². The van der Waals surface area contributed by atoms with E-state index in [-0.39, 0.29) is 17.9 Å². The van der Waals surface area contributed by atoms with E-state index in [1.54, 1.807) is 25.1 Å². The number of amides is 1. The first-order valence-electron chi connectivity index (χ1n) is 7.16. The second kappa shape index (κ2) is 6.34. The van der Waals surface area contributed by atoms with Crippen molar-refractivity contribution in [1.29, 1.82) is 0 Å². The van der Waals surface area contributed by atoms with E-state index < -0.39 is 11.5 Å². The first-order valence-corrected chi connectivity index (χ1v) is 7.16. The standard InChI is InChI=1S/C17H22N2O3/c1-17(22,11-19(2)3)10-18-16(21)14-9-8-12-6-4-5-7-13(12)15(14)20/h4-9,20,22H,10-11H2,1-3H3,(H,18,21). The Balaban J connectivity index is 2.15. The lowest BCUT2D eigenvalue weighted by Gasteiger charge is -2.27. The monoisotopic (exact) mass is 302 g/mol. The number of likely N-dealkylation sites (N-methyl/N-ethyl adjacent to an activating group) is 1. The van der Waals surface area contributed by atoms with Crippen molar-refractivity contribution in [1.82, 2.24) is 10.2 Å². The zero-order chi connectivity index (χ0) is 16.3. The Bertz CT molecular complexity index is 681. The fourth-order valence-electron chi connectivity index (χ4n) is 2.54. The van der Waals surface area contributed by atoms with Gasteiger partial charge in [0.2, 0.25) is 0 Å². The zero-order valence-electron chi connectivity index (χ0n) is 13.1. The van der Waals surface area contributed by atoms with Crippen LogP contribution in [-0.4, -0.2) is 53.8 Å². The summed E-state index contributed by atoms with van der Waals surface area (Å²) in [5, 5.41) is 24.6. The molecule has 1 atom stereocenters. The largest absolute Gasteiger partial charge is 0.506 e. The van der Waals surface area contributed by atoms with Gasteiger partial charge >= 0.3 is 0 Å². The van der Waals surface area contributed by atoms with Gasteiger partial charge in [-0.15, -0.1) is 0 Å². The summed E-state index contributed by atoms with van der Waals surface area (Å²) in [6.45, 7) is 2.20. The molecule has 0 aliphatic rings. The molecule has 0 aliphatic carbocycles. The summed E-state index contributed by atoms with van der Waals surface area (Å²) < 4.78 is 0. The smallest absolute Gasteiger partial charge is 0.255 e. The molecular weight excluding hydrogens is 280 g/mol. The van der Waals surface area contributed by atoms with Crippen LogP contribution < -0.4 is 5.32 Å². The molecule has 0 aliphatic heterocycles. The Morgan fingerprint density at radius 1 is 1.23 bits per heavy atom. The fraction of sp³-hybridized carbons (Fsp3) is 0.353. The van der Waals surface area contributed by atoms with Crippen LogP contribution in [0.3, 0.4) is 0 Å². The molecule has 22 heavy (non-hydrogen) atoms. The van der Waals surface area contributed by atoms with Crippen LogP contribution in [0.5, 0.6) is 5.75 Å². The highest BCUT2D eigenvalue weighted by Gasteiger charge is 2.23. The van der Waals surface area contributed by atoms with Gasteiger partial charge < -0.3 is 20.4 Å². The average molecular weight is 302 g/mol. The minimum Gasteiger partial charge on any atom is -0.506 e. The molecule has 2 rings (SSSR count). The lowest BCUT2D eigenvalue weighted by atomic mass is 10.0. The summed E-state index contributed by atoms with van der Waals surface area (Å²) in [4.78, 5) is 14.1. The maximum atomic E-state index is 12.2. The van der Waals surface area contributed by atoms with E-state index >= 15 is 0 Å². The summed E-state index contributed by atoms with van der Waals surface area (Å²) in [6, 6.07) is 10.7. The van der Waals surface area contributed by atoms with Crippen molar-refractivity contribution in [2.75, 3.05) is 27.2 Å². The number of aliphatic hydroxyl groups is 1. The molecule has 2 aromatic rings. The number of carbonyl (C=O) groups is 1. The topological polar surface area (TPSA) is 72.8 Å². The van der Waals surface area contributed by atoms with Crippen LogP contribution in [0, 0.1) is 0 Å². The Morgan fingerprint density at radius 3 is 2.59 bits per heavy atom. The van der Waals surface area contributed by atoms with Gasteiger partial charge in [0.25, 0.3) is 5.91 Å². The summed E-state index contributed by atoms with van der Waals surface area (Å²) in [7, 11) is 3.71. The predicted molar refractivity (Wildman–Crippen MR) is 87.1 cm³/mol. The van der Waals surface area contributed by atoms with Gasteiger partial charge in [0.15, 0.2) is 0 Å². The van der Waals surface area contributed by atoms with E-state index in [4.69, 9.17) is 0 Å². The third kappa shape index (κ3) is 3.75. The number of fused-ring (bicyclic) bond motifs is 1. The highest BCUT2D eigenvalue weighted by molar-refractivity contribution is 6.03. The number of rotatable bonds is 5. The molecule has 3 N–H and O–H groups in total. The van der Waals surface area contributed by atoms with Gasteiger partial charge in [0.05, 0.1) is 11.2 Å². The van der Waals surface area contributed by atoms with Crippen LogP contribution in [0.15, 0.2) is 36.4 Å². The molecule has 0 aromatic heterocycles. The minimum atomic E-state index is -1.04. The molecule has 1 amide bonds. The van der Waals surface area contributed by atoms with Crippen molar-refractivity contribution in [2.24, 2.45) is 0 Å². The minimum absolute atomic E-state index is 0.0390. The van der Waals surface area contributed by atoms with E-state index in [0.717, 1.165) is 5.39 Å². The molecule has 5 heteroatoms. The lowest BCUT2D eigenvalue weighted by molar-refractivity contribution is 0.0325. The van der Waals surface area contributed by atoms with Crippen LogP contribution in [0.2, 0.25) is 0 Å². The molecule has 0 bridgehead atoms.